The Labute approximate surface area is 259 Å². The number of likely N-dealkylation sites (N-methyl/N-ethyl adjacent to an activating group) is 1. The topological polar surface area (TPSA) is 92.9 Å². The summed E-state index contributed by atoms with van der Waals surface area (Å²) in [5.41, 5.74) is 1.03. The molecule has 0 bridgehead atoms. The predicted molar refractivity (Wildman–Crippen MR) is 158 cm³/mol. The molecular formula is C27H39N3O6S2W. The first kappa shape index (κ1) is 37.0. The second-order valence-electron chi connectivity index (χ2n) is 8.21. The summed E-state index contributed by atoms with van der Waals surface area (Å²) in [6.45, 7) is 3.11. The van der Waals surface area contributed by atoms with Crippen LogP contribution in [0.5, 0.6) is 23.0 Å². The molecule has 1 unspecified atom stereocenters. The van der Waals surface area contributed by atoms with Crippen LogP contribution in [0.25, 0.3) is 5.32 Å². The van der Waals surface area contributed by atoms with Crippen LogP contribution in [0.15, 0.2) is 46.9 Å². The number of carbonyl (C=O) groups excluding carboxylic acids is 1. The van der Waals surface area contributed by atoms with Gasteiger partial charge in [0.1, 0.15) is 17.6 Å². The van der Waals surface area contributed by atoms with E-state index in [-0.39, 0.29) is 46.6 Å². The minimum Gasteiger partial charge on any atom is -0.670 e. The van der Waals surface area contributed by atoms with Crippen molar-refractivity contribution in [3.63, 3.8) is 0 Å². The van der Waals surface area contributed by atoms with Gasteiger partial charge in [-0.1, -0.05) is 6.07 Å². The predicted octanol–water partition coefficient (Wildman–Crippen LogP) is 3.97. The molecule has 39 heavy (non-hydrogen) atoms. The van der Waals surface area contributed by atoms with E-state index < -0.39 is 0 Å². The Kier molecular flexibility index (Phi) is 20.6. The third-order valence-corrected chi connectivity index (χ3v) is 5.69. The number of benzene rings is 2. The fourth-order valence-corrected chi connectivity index (χ4v) is 3.45. The maximum Gasteiger partial charge on any atom is 2.00 e. The van der Waals surface area contributed by atoms with Crippen LogP contribution in [0.4, 0.5) is 0 Å². The Hall–Kier alpha value is -2.04. The number of methoxy groups -OCH3 is 2. The molecule has 2 aromatic rings. The summed E-state index contributed by atoms with van der Waals surface area (Å²) in [6, 6.07) is 13.3. The van der Waals surface area contributed by atoms with E-state index in [2.05, 4.69) is 22.5 Å². The van der Waals surface area contributed by atoms with Gasteiger partial charge in [-0.15, -0.1) is 6.54 Å². The second kappa shape index (κ2) is 21.7. The number of nitrogens with zero attached hydrogens (tertiary/aromatic N) is 3. The van der Waals surface area contributed by atoms with Gasteiger partial charge in [-0.2, -0.15) is 20.5 Å². The molecule has 0 N–H and O–H groups in total. The van der Waals surface area contributed by atoms with Crippen molar-refractivity contribution in [1.82, 2.24) is 4.90 Å². The van der Waals surface area contributed by atoms with E-state index in [1.807, 2.05) is 42.5 Å². The van der Waals surface area contributed by atoms with Crippen LogP contribution in [-0.2, 0) is 49.8 Å². The van der Waals surface area contributed by atoms with Crippen molar-refractivity contribution < 1.29 is 49.5 Å². The molecule has 0 aliphatic carbocycles. The number of amides is 1. The fraction of sp³-hybridized carbons (Fsp3) is 0.481. The number of hydrogen-bond donors (Lipinski definition) is 0. The number of aryl methyl sites for hydroxylation is 1. The van der Waals surface area contributed by atoms with Crippen LogP contribution in [0.2, 0.25) is 0 Å². The smallest absolute Gasteiger partial charge is 0.670 e. The molecule has 1 atom stereocenters. The van der Waals surface area contributed by atoms with Gasteiger partial charge in [-0.05, 0) is 54.6 Å². The summed E-state index contributed by atoms with van der Waals surface area (Å²) in [5, 5.41) is 3.93. The van der Waals surface area contributed by atoms with Crippen molar-refractivity contribution in [2.75, 3.05) is 61.2 Å². The van der Waals surface area contributed by atoms with Gasteiger partial charge in [0, 0.05) is 19.9 Å². The summed E-state index contributed by atoms with van der Waals surface area (Å²) in [5.74, 6) is 3.13. The zero-order valence-corrected chi connectivity index (χ0v) is 27.7. The van der Waals surface area contributed by atoms with Crippen LogP contribution < -0.4 is 18.9 Å². The largest absolute Gasteiger partial charge is 2.00 e. The van der Waals surface area contributed by atoms with Crippen molar-refractivity contribution in [3.05, 3.63) is 53.3 Å². The standard InChI is InChI=1S/C17H24N2O4S.C10H14NO2.H2S.W/c1-19(9-8-18-24)17(20)6-4-13-3-5-15(21-2)16(11-13)23-14-7-10-22-12-14;1-11-7-8-13-10-5-3-9(12-2)4-6-10;;/h3,5,8,11,14,24H,4,6-7,9-10,12H2,1-2H3;3-6H,7-8H2,1-2H3;1H2;/q;-1;;+2/p-1/b18-8+;;;. The molecule has 1 aliphatic heterocycles. The summed E-state index contributed by atoms with van der Waals surface area (Å²) in [7, 11) is 6.78. The molecule has 0 spiro atoms. The van der Waals surface area contributed by atoms with Crippen molar-refractivity contribution in [3.8, 4) is 23.0 Å². The van der Waals surface area contributed by atoms with E-state index in [9.17, 15) is 4.79 Å². The van der Waals surface area contributed by atoms with E-state index in [1.165, 1.54) is 6.21 Å². The molecular weight excluding hydrogens is 710 g/mol. The summed E-state index contributed by atoms with van der Waals surface area (Å²) >= 11 is 4.49. The molecule has 0 saturated carbocycles. The van der Waals surface area contributed by atoms with E-state index in [4.69, 9.17) is 23.7 Å². The molecule has 0 radical (unpaired) electrons. The molecule has 2 aromatic carbocycles. The van der Waals surface area contributed by atoms with E-state index in [0.717, 1.165) is 36.6 Å². The molecule has 1 saturated heterocycles. The van der Waals surface area contributed by atoms with Crippen molar-refractivity contribution in [1.29, 1.82) is 0 Å². The average molecular weight is 750 g/mol. The minimum atomic E-state index is 0. The van der Waals surface area contributed by atoms with Gasteiger partial charge in [0.2, 0.25) is 5.91 Å². The number of carbonyl (C=O) groups is 1. The third-order valence-electron chi connectivity index (χ3n) is 5.54. The molecule has 1 amide bonds. The maximum absolute atomic E-state index is 12.1. The zero-order chi connectivity index (χ0) is 26.9. The summed E-state index contributed by atoms with van der Waals surface area (Å²) < 4.78 is 30.6. The quantitative estimate of drug-likeness (QED) is 0.174. The Morgan fingerprint density at radius 3 is 2.46 bits per heavy atom. The molecule has 9 nitrogen and oxygen atoms in total. The number of hydrogen-bond acceptors (Lipinski definition) is 8. The normalized spacial score (nSPS) is 13.8. The molecule has 1 aliphatic rings. The van der Waals surface area contributed by atoms with Crippen LogP contribution in [0.1, 0.15) is 18.4 Å². The zero-order valence-electron chi connectivity index (χ0n) is 23.0. The molecule has 3 rings (SSSR count). The van der Waals surface area contributed by atoms with Crippen molar-refractivity contribution in [2.45, 2.75) is 25.4 Å². The van der Waals surface area contributed by atoms with Crippen molar-refractivity contribution >= 4 is 38.4 Å². The summed E-state index contributed by atoms with van der Waals surface area (Å²) in [4.78, 5) is 13.7. The van der Waals surface area contributed by atoms with Gasteiger partial charge < -0.3 is 51.1 Å². The first-order valence-electron chi connectivity index (χ1n) is 12.1. The Morgan fingerprint density at radius 1 is 1.15 bits per heavy atom. The number of rotatable bonds is 13. The maximum atomic E-state index is 12.1. The molecule has 216 valence electrons. The van der Waals surface area contributed by atoms with Gasteiger partial charge in [0.05, 0.1) is 40.6 Å². The molecule has 1 fully saturated rings. The Bertz CT molecular complexity index is 963. The van der Waals surface area contributed by atoms with Gasteiger partial charge in [0.15, 0.2) is 11.5 Å². The third kappa shape index (κ3) is 14.2. The first-order valence-corrected chi connectivity index (χ1v) is 12.5. The average Bonchev–Trinajstić information content (AvgIpc) is 3.44. The van der Waals surface area contributed by atoms with E-state index >= 15 is 0 Å². The first-order chi connectivity index (χ1) is 18.0. The van der Waals surface area contributed by atoms with Gasteiger partial charge in [-0.25, -0.2) is 0 Å². The minimum absolute atomic E-state index is 0. The SMILES string of the molecule is COc1ccc(CCC(=O)N(C)C/C=N/[S-])cc1OC1CCOC1.C[N-]CCOc1ccc(OC)cc1.S.[W+2]. The Morgan fingerprint density at radius 2 is 1.87 bits per heavy atom. The van der Waals surface area contributed by atoms with Crippen LogP contribution in [0, 0.1) is 0 Å². The number of ether oxygens (including phenoxy) is 5. The van der Waals surface area contributed by atoms with Crippen molar-refractivity contribution in [2.24, 2.45) is 4.40 Å². The van der Waals surface area contributed by atoms with Gasteiger partial charge >= 0.3 is 21.1 Å². The van der Waals surface area contributed by atoms with E-state index in [1.54, 1.807) is 33.2 Å². The van der Waals surface area contributed by atoms with Gasteiger partial charge in [-0.3, -0.25) is 4.79 Å². The van der Waals surface area contributed by atoms with Gasteiger partial charge in [0.25, 0.3) is 0 Å². The van der Waals surface area contributed by atoms with Crippen LogP contribution in [0.3, 0.4) is 0 Å². The monoisotopic (exact) mass is 749 g/mol. The second-order valence-corrected chi connectivity index (χ2v) is 8.43. The van der Waals surface area contributed by atoms with Crippen LogP contribution >= 0.6 is 13.5 Å². The Balaban J connectivity index is 0.000000823. The fourth-order valence-electron chi connectivity index (χ4n) is 3.38. The molecule has 0 aromatic heterocycles. The van der Waals surface area contributed by atoms with E-state index in [0.29, 0.717) is 44.1 Å². The molecule has 12 heteroatoms. The molecule has 1 heterocycles. The van der Waals surface area contributed by atoms with Crippen LogP contribution in [-0.4, -0.2) is 84.4 Å². The summed E-state index contributed by atoms with van der Waals surface area (Å²) in [6.07, 6.45) is 3.52.